The minimum Gasteiger partial charge on any atom is -0.367 e. The van der Waals surface area contributed by atoms with Gasteiger partial charge in [0.25, 0.3) is 5.56 Å². The highest BCUT2D eigenvalue weighted by atomic mass is 35.5. The van der Waals surface area contributed by atoms with E-state index in [2.05, 4.69) is 10.00 Å². The Morgan fingerprint density at radius 1 is 0.853 bits per heavy atom. The van der Waals surface area contributed by atoms with Gasteiger partial charge in [-0.15, -0.1) is 0 Å². The van der Waals surface area contributed by atoms with Gasteiger partial charge in [0, 0.05) is 37.8 Å². The lowest BCUT2D eigenvalue weighted by Crippen LogP contribution is -2.50. The zero-order valence-electron chi connectivity index (χ0n) is 18.3. The molecular formula is C26H22Cl2N4O2. The molecule has 1 aliphatic rings. The number of nitrogens with zero attached hydrogens (tertiary/aromatic N) is 4. The number of piperazine rings is 1. The third kappa shape index (κ3) is 4.52. The molecule has 0 atom stereocenters. The zero-order valence-corrected chi connectivity index (χ0v) is 19.8. The standard InChI is InChI=1S/C26H22Cl2N4O2/c27-21-6-3-7-23(26(21)28)30-12-14-31(15-13-30)25(34)17-32-24(33)11-10-22(29-32)20-9-8-18-4-1-2-5-19(18)16-20/h1-11,16H,12-15,17H2. The summed E-state index contributed by atoms with van der Waals surface area (Å²) < 4.78 is 1.24. The van der Waals surface area contributed by atoms with Gasteiger partial charge in [0.1, 0.15) is 6.54 Å². The maximum atomic E-state index is 13.0. The number of hydrogen-bond donors (Lipinski definition) is 0. The van der Waals surface area contributed by atoms with Crippen molar-refractivity contribution in [2.45, 2.75) is 6.54 Å². The highest BCUT2D eigenvalue weighted by molar-refractivity contribution is 6.43. The Hall–Kier alpha value is -3.35. The fourth-order valence-electron chi connectivity index (χ4n) is 4.23. The predicted octanol–water partition coefficient (Wildman–Crippen LogP) is 4.72. The Morgan fingerprint density at radius 2 is 1.62 bits per heavy atom. The maximum Gasteiger partial charge on any atom is 0.267 e. The van der Waals surface area contributed by atoms with Crippen molar-refractivity contribution in [1.82, 2.24) is 14.7 Å². The van der Waals surface area contributed by atoms with E-state index in [-0.39, 0.29) is 18.0 Å². The van der Waals surface area contributed by atoms with E-state index in [0.717, 1.165) is 22.0 Å². The molecule has 1 fully saturated rings. The summed E-state index contributed by atoms with van der Waals surface area (Å²) in [7, 11) is 0. The molecule has 1 amide bonds. The number of benzene rings is 3. The van der Waals surface area contributed by atoms with Crippen LogP contribution in [0.4, 0.5) is 5.69 Å². The number of aromatic nitrogens is 2. The van der Waals surface area contributed by atoms with E-state index in [1.165, 1.54) is 10.7 Å². The number of anilines is 1. The minimum atomic E-state index is -0.303. The van der Waals surface area contributed by atoms with Gasteiger partial charge in [-0.3, -0.25) is 9.59 Å². The quantitative estimate of drug-likeness (QED) is 0.413. The van der Waals surface area contributed by atoms with Crippen LogP contribution in [0.2, 0.25) is 10.0 Å². The highest BCUT2D eigenvalue weighted by Crippen LogP contribution is 2.33. The molecule has 8 heteroatoms. The monoisotopic (exact) mass is 492 g/mol. The first-order valence-corrected chi connectivity index (χ1v) is 11.8. The van der Waals surface area contributed by atoms with Gasteiger partial charge in [0.2, 0.25) is 5.91 Å². The van der Waals surface area contributed by atoms with Gasteiger partial charge < -0.3 is 9.80 Å². The van der Waals surface area contributed by atoms with Crippen LogP contribution in [-0.2, 0) is 11.3 Å². The van der Waals surface area contributed by atoms with Crippen molar-refractivity contribution in [3.8, 4) is 11.3 Å². The van der Waals surface area contributed by atoms with E-state index in [9.17, 15) is 9.59 Å². The van der Waals surface area contributed by atoms with Crippen molar-refractivity contribution < 1.29 is 4.79 Å². The molecule has 5 rings (SSSR count). The molecule has 0 radical (unpaired) electrons. The molecule has 0 saturated carbocycles. The SMILES string of the molecule is O=C(Cn1nc(-c2ccc3ccccc3c2)ccc1=O)N1CCN(c2cccc(Cl)c2Cl)CC1. The summed E-state index contributed by atoms with van der Waals surface area (Å²) in [4.78, 5) is 29.3. The first-order chi connectivity index (χ1) is 16.5. The summed E-state index contributed by atoms with van der Waals surface area (Å²) in [6, 6.07) is 22.8. The third-order valence-electron chi connectivity index (χ3n) is 6.10. The van der Waals surface area contributed by atoms with Crippen LogP contribution in [0.1, 0.15) is 0 Å². The van der Waals surface area contributed by atoms with Crippen molar-refractivity contribution in [3.05, 3.63) is 93.2 Å². The topological polar surface area (TPSA) is 58.4 Å². The molecule has 0 unspecified atom stereocenters. The van der Waals surface area contributed by atoms with E-state index >= 15 is 0 Å². The summed E-state index contributed by atoms with van der Waals surface area (Å²) in [6.45, 7) is 2.22. The van der Waals surface area contributed by atoms with E-state index in [1.807, 2.05) is 54.6 Å². The van der Waals surface area contributed by atoms with Crippen LogP contribution in [0.3, 0.4) is 0 Å². The minimum absolute atomic E-state index is 0.0990. The second kappa shape index (κ2) is 9.49. The van der Waals surface area contributed by atoms with Crippen LogP contribution in [0, 0.1) is 0 Å². The normalized spacial score (nSPS) is 13.9. The molecule has 0 N–H and O–H groups in total. The molecule has 0 bridgehead atoms. The van der Waals surface area contributed by atoms with E-state index in [4.69, 9.17) is 23.2 Å². The number of halogens is 2. The second-order valence-electron chi connectivity index (χ2n) is 8.22. The van der Waals surface area contributed by atoms with Crippen molar-refractivity contribution in [2.75, 3.05) is 31.1 Å². The van der Waals surface area contributed by atoms with Gasteiger partial charge in [-0.1, -0.05) is 65.7 Å². The molecule has 6 nitrogen and oxygen atoms in total. The fraction of sp³-hybridized carbons (Fsp3) is 0.192. The molecule has 1 aliphatic heterocycles. The number of carbonyl (C=O) groups is 1. The van der Waals surface area contributed by atoms with Gasteiger partial charge in [0.05, 0.1) is 21.4 Å². The van der Waals surface area contributed by atoms with Gasteiger partial charge in [-0.25, -0.2) is 4.68 Å². The Morgan fingerprint density at radius 3 is 2.41 bits per heavy atom. The van der Waals surface area contributed by atoms with Crippen LogP contribution < -0.4 is 10.5 Å². The Labute approximate surface area is 206 Å². The number of amides is 1. The summed E-state index contributed by atoms with van der Waals surface area (Å²) in [5, 5.41) is 7.73. The van der Waals surface area contributed by atoms with Crippen LogP contribution in [-0.4, -0.2) is 46.8 Å². The predicted molar refractivity (Wildman–Crippen MR) is 137 cm³/mol. The third-order valence-corrected chi connectivity index (χ3v) is 6.91. The first kappa shape index (κ1) is 22.4. The zero-order chi connectivity index (χ0) is 23.7. The molecule has 0 spiro atoms. The Balaban J connectivity index is 1.29. The largest absolute Gasteiger partial charge is 0.367 e. The van der Waals surface area contributed by atoms with Gasteiger partial charge in [-0.2, -0.15) is 5.10 Å². The van der Waals surface area contributed by atoms with Crippen molar-refractivity contribution >= 4 is 45.6 Å². The first-order valence-electron chi connectivity index (χ1n) is 11.0. The van der Waals surface area contributed by atoms with Crippen molar-refractivity contribution in [1.29, 1.82) is 0 Å². The Bertz CT molecular complexity index is 1430. The van der Waals surface area contributed by atoms with E-state index in [0.29, 0.717) is 41.9 Å². The smallest absolute Gasteiger partial charge is 0.267 e. The number of fused-ring (bicyclic) bond motifs is 1. The van der Waals surface area contributed by atoms with Crippen molar-refractivity contribution in [3.63, 3.8) is 0 Å². The van der Waals surface area contributed by atoms with Crippen LogP contribution in [0.25, 0.3) is 22.0 Å². The molecule has 34 heavy (non-hydrogen) atoms. The lowest BCUT2D eigenvalue weighted by Gasteiger charge is -2.36. The summed E-state index contributed by atoms with van der Waals surface area (Å²) in [5.41, 5.74) is 2.11. The number of hydrogen-bond acceptors (Lipinski definition) is 4. The highest BCUT2D eigenvalue weighted by Gasteiger charge is 2.23. The molecule has 1 saturated heterocycles. The average Bonchev–Trinajstić information content (AvgIpc) is 2.87. The van der Waals surface area contributed by atoms with Crippen molar-refractivity contribution in [2.24, 2.45) is 0 Å². The summed E-state index contributed by atoms with van der Waals surface area (Å²) >= 11 is 12.5. The van der Waals surface area contributed by atoms with Gasteiger partial charge in [0.15, 0.2) is 0 Å². The summed E-state index contributed by atoms with van der Waals surface area (Å²) in [5.74, 6) is -0.137. The van der Waals surface area contributed by atoms with Crippen LogP contribution >= 0.6 is 23.2 Å². The van der Waals surface area contributed by atoms with Gasteiger partial charge in [-0.05, 0) is 35.0 Å². The second-order valence-corrected chi connectivity index (χ2v) is 9.00. The number of rotatable bonds is 4. The molecular weight excluding hydrogens is 471 g/mol. The fourth-order valence-corrected chi connectivity index (χ4v) is 4.64. The summed E-state index contributed by atoms with van der Waals surface area (Å²) in [6.07, 6.45) is 0. The maximum absolute atomic E-state index is 13.0. The van der Waals surface area contributed by atoms with E-state index < -0.39 is 0 Å². The molecule has 172 valence electrons. The van der Waals surface area contributed by atoms with Crippen LogP contribution in [0.15, 0.2) is 77.6 Å². The molecule has 0 aliphatic carbocycles. The number of carbonyl (C=O) groups excluding carboxylic acids is 1. The van der Waals surface area contributed by atoms with Crippen LogP contribution in [0.5, 0.6) is 0 Å². The Kier molecular flexibility index (Phi) is 6.26. The lowest BCUT2D eigenvalue weighted by atomic mass is 10.1. The molecule has 3 aromatic carbocycles. The molecule has 2 heterocycles. The van der Waals surface area contributed by atoms with Gasteiger partial charge >= 0.3 is 0 Å². The molecule has 4 aromatic rings. The van der Waals surface area contributed by atoms with E-state index in [1.54, 1.807) is 17.0 Å². The molecule has 1 aromatic heterocycles. The lowest BCUT2D eigenvalue weighted by molar-refractivity contribution is -0.132. The average molecular weight is 493 g/mol.